The van der Waals surface area contributed by atoms with Gasteiger partial charge in [0.25, 0.3) is 0 Å². The number of hydrogen-bond donors (Lipinski definition) is 0. The second kappa shape index (κ2) is 3.37. The van der Waals surface area contributed by atoms with Gasteiger partial charge in [-0.25, -0.2) is 0 Å². The molecule has 0 N–H and O–H groups in total. The van der Waals surface area contributed by atoms with Crippen molar-refractivity contribution in [1.82, 2.24) is 0 Å². The Balaban J connectivity index is 2.63. The SMILES string of the molecule is C[CH]O[SiH](C)C. The minimum Gasteiger partial charge on any atom is -0.415 e. The molecule has 0 saturated carbocycles. The molecular weight excluding hydrogens is 92.1 g/mol. The Hall–Kier alpha value is 0.177. The van der Waals surface area contributed by atoms with E-state index in [1.807, 2.05) is 6.92 Å². The fourth-order valence-corrected chi connectivity index (χ4v) is 0.816. The average molecular weight is 103 g/mol. The lowest BCUT2D eigenvalue weighted by molar-refractivity contribution is 0.431. The van der Waals surface area contributed by atoms with Gasteiger partial charge in [-0.05, 0) is 20.0 Å². The van der Waals surface area contributed by atoms with Gasteiger partial charge in [-0.15, -0.1) is 0 Å². The predicted octanol–water partition coefficient (Wildman–Crippen LogP) is 1.17. The number of hydrogen-bond acceptors (Lipinski definition) is 1. The molecule has 0 aromatic rings. The summed E-state index contributed by atoms with van der Waals surface area (Å²) in [5, 5.41) is 0. The Bertz CT molecular complexity index is 28.7. The molecule has 37 valence electrons. The van der Waals surface area contributed by atoms with Crippen LogP contribution in [-0.4, -0.2) is 9.04 Å². The fraction of sp³-hybridized carbons (Fsp3) is 0.750. The Morgan fingerprint density at radius 3 is 2.00 bits per heavy atom. The van der Waals surface area contributed by atoms with Crippen LogP contribution >= 0.6 is 0 Å². The van der Waals surface area contributed by atoms with E-state index >= 15 is 0 Å². The van der Waals surface area contributed by atoms with Crippen LogP contribution in [0.3, 0.4) is 0 Å². The smallest absolute Gasteiger partial charge is 0.171 e. The molecule has 0 rings (SSSR count). The van der Waals surface area contributed by atoms with Gasteiger partial charge in [0.05, 0.1) is 6.61 Å². The molecular formula is C4H11OSi. The first-order chi connectivity index (χ1) is 2.77. The fourth-order valence-electron chi connectivity index (χ4n) is 0.272. The minimum atomic E-state index is -0.726. The lowest BCUT2D eigenvalue weighted by Crippen LogP contribution is -2.02. The van der Waals surface area contributed by atoms with Crippen LogP contribution in [0.4, 0.5) is 0 Å². The highest BCUT2D eigenvalue weighted by atomic mass is 28.3. The molecule has 0 aliphatic heterocycles. The van der Waals surface area contributed by atoms with E-state index in [-0.39, 0.29) is 0 Å². The van der Waals surface area contributed by atoms with Crippen LogP contribution in [0.1, 0.15) is 6.92 Å². The average Bonchev–Trinajstić information content (AvgIpc) is 1.35. The van der Waals surface area contributed by atoms with Crippen LogP contribution in [0.5, 0.6) is 0 Å². The lowest BCUT2D eigenvalue weighted by Gasteiger charge is -1.97. The molecule has 0 aliphatic carbocycles. The molecule has 0 aromatic heterocycles. The normalized spacial score (nSPS) is 10.0. The molecule has 0 aromatic carbocycles. The van der Waals surface area contributed by atoms with E-state index in [2.05, 4.69) is 13.1 Å². The summed E-state index contributed by atoms with van der Waals surface area (Å²) >= 11 is 0. The highest BCUT2D eigenvalue weighted by molar-refractivity contribution is 6.48. The maximum Gasteiger partial charge on any atom is 0.171 e. The zero-order valence-corrected chi connectivity index (χ0v) is 5.72. The maximum atomic E-state index is 5.06. The molecule has 0 spiro atoms. The van der Waals surface area contributed by atoms with Gasteiger partial charge in [-0.2, -0.15) is 0 Å². The second-order valence-electron chi connectivity index (χ2n) is 1.42. The Labute approximate surface area is 41.0 Å². The van der Waals surface area contributed by atoms with Crippen molar-refractivity contribution in [2.45, 2.75) is 20.0 Å². The summed E-state index contributed by atoms with van der Waals surface area (Å²) < 4.78 is 5.06. The molecule has 0 saturated heterocycles. The third kappa shape index (κ3) is 4.18. The molecule has 0 amide bonds. The summed E-state index contributed by atoms with van der Waals surface area (Å²) in [5.41, 5.74) is 0. The van der Waals surface area contributed by atoms with Gasteiger partial charge in [0, 0.05) is 0 Å². The van der Waals surface area contributed by atoms with E-state index in [1.165, 1.54) is 0 Å². The molecule has 0 atom stereocenters. The van der Waals surface area contributed by atoms with Gasteiger partial charge in [-0.3, -0.25) is 0 Å². The predicted molar refractivity (Wildman–Crippen MR) is 29.9 cm³/mol. The first-order valence-electron chi connectivity index (χ1n) is 2.20. The van der Waals surface area contributed by atoms with Crippen LogP contribution < -0.4 is 0 Å². The Kier molecular flexibility index (Phi) is 3.47. The Morgan fingerprint density at radius 1 is 1.50 bits per heavy atom. The standard InChI is InChI=1S/C4H11OSi/c1-4-5-6(2)3/h4,6H,1-3H3. The molecule has 1 nitrogen and oxygen atoms in total. The van der Waals surface area contributed by atoms with Crippen LogP contribution in [0.25, 0.3) is 0 Å². The molecule has 0 unspecified atom stereocenters. The van der Waals surface area contributed by atoms with Crippen LogP contribution in [0.2, 0.25) is 13.1 Å². The summed E-state index contributed by atoms with van der Waals surface area (Å²) in [7, 11) is -0.726. The highest BCUT2D eigenvalue weighted by Gasteiger charge is 1.88. The second-order valence-corrected chi connectivity index (χ2v) is 3.79. The Morgan fingerprint density at radius 2 is 2.00 bits per heavy atom. The van der Waals surface area contributed by atoms with Crippen LogP contribution in [0.15, 0.2) is 0 Å². The quantitative estimate of drug-likeness (QED) is 0.477. The minimum absolute atomic E-state index is 0.726. The van der Waals surface area contributed by atoms with Crippen molar-refractivity contribution in [2.75, 3.05) is 0 Å². The third-order valence-corrected chi connectivity index (χ3v) is 1.22. The van der Waals surface area contributed by atoms with E-state index in [0.717, 1.165) is 0 Å². The first-order valence-corrected chi connectivity index (χ1v) is 4.98. The van der Waals surface area contributed by atoms with Gasteiger partial charge in [-0.1, -0.05) is 0 Å². The monoisotopic (exact) mass is 103 g/mol. The summed E-state index contributed by atoms with van der Waals surface area (Å²) in [6, 6.07) is 0. The largest absolute Gasteiger partial charge is 0.415 e. The van der Waals surface area contributed by atoms with E-state index in [4.69, 9.17) is 4.43 Å². The van der Waals surface area contributed by atoms with E-state index in [0.29, 0.717) is 0 Å². The topological polar surface area (TPSA) is 9.23 Å². The van der Waals surface area contributed by atoms with Gasteiger partial charge in [0.15, 0.2) is 9.04 Å². The molecule has 0 fully saturated rings. The molecule has 0 heterocycles. The van der Waals surface area contributed by atoms with Crippen molar-refractivity contribution in [3.63, 3.8) is 0 Å². The van der Waals surface area contributed by atoms with Crippen LogP contribution in [0, 0.1) is 6.61 Å². The van der Waals surface area contributed by atoms with Crippen molar-refractivity contribution in [2.24, 2.45) is 0 Å². The van der Waals surface area contributed by atoms with Gasteiger partial charge in [0.2, 0.25) is 0 Å². The number of rotatable bonds is 2. The van der Waals surface area contributed by atoms with Crippen molar-refractivity contribution in [3.05, 3.63) is 6.61 Å². The molecule has 1 radical (unpaired) electrons. The maximum absolute atomic E-state index is 5.06. The summed E-state index contributed by atoms with van der Waals surface area (Å²) in [6.45, 7) is 7.95. The van der Waals surface area contributed by atoms with E-state index in [9.17, 15) is 0 Å². The van der Waals surface area contributed by atoms with E-state index in [1.54, 1.807) is 6.61 Å². The summed E-state index contributed by atoms with van der Waals surface area (Å²) in [6.07, 6.45) is 0. The molecule has 2 heteroatoms. The molecule has 0 bridgehead atoms. The molecule has 0 aliphatic rings. The highest BCUT2D eigenvalue weighted by Crippen LogP contribution is 1.83. The summed E-state index contributed by atoms with van der Waals surface area (Å²) in [4.78, 5) is 0. The van der Waals surface area contributed by atoms with Crippen molar-refractivity contribution in [1.29, 1.82) is 0 Å². The third-order valence-electron chi connectivity index (χ3n) is 0.408. The van der Waals surface area contributed by atoms with Crippen molar-refractivity contribution >= 4 is 9.04 Å². The zero-order valence-electron chi connectivity index (χ0n) is 4.56. The van der Waals surface area contributed by atoms with Crippen molar-refractivity contribution in [3.8, 4) is 0 Å². The lowest BCUT2D eigenvalue weighted by atomic mass is 10.9. The zero-order chi connectivity index (χ0) is 4.99. The van der Waals surface area contributed by atoms with Gasteiger partial charge < -0.3 is 4.43 Å². The van der Waals surface area contributed by atoms with Gasteiger partial charge >= 0.3 is 0 Å². The first kappa shape index (κ1) is 6.18. The molecule has 6 heavy (non-hydrogen) atoms. The van der Waals surface area contributed by atoms with Crippen LogP contribution in [-0.2, 0) is 4.43 Å². The van der Waals surface area contributed by atoms with Crippen molar-refractivity contribution < 1.29 is 4.43 Å². The van der Waals surface area contributed by atoms with Gasteiger partial charge in [0.1, 0.15) is 0 Å². The summed E-state index contributed by atoms with van der Waals surface area (Å²) in [5.74, 6) is 0. The van der Waals surface area contributed by atoms with E-state index < -0.39 is 9.04 Å².